The predicted octanol–water partition coefficient (Wildman–Crippen LogP) is 5.81. The number of nitrogens with one attached hydrogen (secondary N) is 1. The minimum atomic E-state index is 0.286. The smallest absolute Gasteiger partial charge is 0.225 e. The van der Waals surface area contributed by atoms with Gasteiger partial charge in [0.15, 0.2) is 5.65 Å². The number of pyridine rings is 1. The first-order chi connectivity index (χ1) is 17.6. The van der Waals surface area contributed by atoms with Crippen molar-refractivity contribution in [2.75, 3.05) is 13.1 Å². The van der Waals surface area contributed by atoms with Gasteiger partial charge in [0.05, 0.1) is 0 Å². The zero-order chi connectivity index (χ0) is 24.2. The topological polar surface area (TPSA) is 66.8 Å². The number of rotatable bonds is 5. The molecule has 1 atom stereocenters. The van der Waals surface area contributed by atoms with Crippen LogP contribution in [0.5, 0.6) is 0 Å². The monoisotopic (exact) mass is 475 g/mol. The van der Waals surface area contributed by atoms with Crippen LogP contribution in [-0.4, -0.2) is 43.4 Å². The van der Waals surface area contributed by atoms with Crippen molar-refractivity contribution in [2.45, 2.75) is 32.7 Å². The van der Waals surface area contributed by atoms with Gasteiger partial charge < -0.3 is 14.5 Å². The summed E-state index contributed by atoms with van der Waals surface area (Å²) in [4.78, 5) is 27.8. The first-order valence-corrected chi connectivity index (χ1v) is 12.9. The Balaban J connectivity index is 1.21. The zero-order valence-corrected chi connectivity index (χ0v) is 20.4. The molecule has 5 aromatic rings. The van der Waals surface area contributed by atoms with Crippen molar-refractivity contribution in [3.8, 4) is 22.5 Å². The number of amides is 1. The van der Waals surface area contributed by atoms with Crippen LogP contribution in [0, 0.1) is 18.8 Å². The van der Waals surface area contributed by atoms with E-state index in [4.69, 9.17) is 9.97 Å². The third-order valence-electron chi connectivity index (χ3n) is 7.72. The fourth-order valence-electron chi connectivity index (χ4n) is 5.57. The molecule has 1 aliphatic carbocycles. The van der Waals surface area contributed by atoms with E-state index in [1.807, 2.05) is 12.4 Å². The minimum absolute atomic E-state index is 0.286. The highest BCUT2D eigenvalue weighted by molar-refractivity contribution is 5.85. The average Bonchev–Trinajstić information content (AvgIpc) is 3.30. The van der Waals surface area contributed by atoms with E-state index >= 15 is 0 Å². The summed E-state index contributed by atoms with van der Waals surface area (Å²) in [7, 11) is 0. The van der Waals surface area contributed by atoms with Gasteiger partial charge in [0, 0.05) is 49.0 Å². The van der Waals surface area contributed by atoms with Gasteiger partial charge >= 0.3 is 0 Å². The van der Waals surface area contributed by atoms with Crippen LogP contribution in [0.25, 0.3) is 44.6 Å². The minimum Gasteiger partial charge on any atom is -0.361 e. The maximum atomic E-state index is 12.6. The number of hydrogen-bond donors (Lipinski definition) is 1. The number of benzene rings is 2. The van der Waals surface area contributed by atoms with Crippen LogP contribution in [0.2, 0.25) is 0 Å². The van der Waals surface area contributed by atoms with Crippen molar-refractivity contribution in [1.82, 2.24) is 24.4 Å². The van der Waals surface area contributed by atoms with E-state index < -0.39 is 0 Å². The number of carbonyl (C=O) groups excluding carboxylic acids is 1. The maximum Gasteiger partial charge on any atom is 0.225 e. The number of fused-ring (bicyclic) bond motifs is 2. The Morgan fingerprint density at radius 1 is 1.00 bits per heavy atom. The molecule has 3 aromatic heterocycles. The van der Waals surface area contributed by atoms with E-state index in [0.29, 0.717) is 11.8 Å². The summed E-state index contributed by atoms with van der Waals surface area (Å²) >= 11 is 0. The number of imidazole rings is 1. The summed E-state index contributed by atoms with van der Waals surface area (Å²) in [6, 6.07) is 19.4. The van der Waals surface area contributed by atoms with Crippen molar-refractivity contribution < 1.29 is 4.79 Å². The van der Waals surface area contributed by atoms with Crippen molar-refractivity contribution in [2.24, 2.45) is 11.8 Å². The van der Waals surface area contributed by atoms with Crippen molar-refractivity contribution in [3.63, 3.8) is 0 Å². The highest BCUT2D eigenvalue weighted by atomic mass is 16.2. The summed E-state index contributed by atoms with van der Waals surface area (Å²) in [6.07, 6.45) is 7.05. The van der Waals surface area contributed by atoms with Crippen LogP contribution < -0.4 is 0 Å². The molecule has 2 fully saturated rings. The van der Waals surface area contributed by atoms with Gasteiger partial charge in [-0.05, 0) is 72.4 Å². The Labute approximate surface area is 210 Å². The van der Waals surface area contributed by atoms with Crippen molar-refractivity contribution in [3.05, 3.63) is 72.6 Å². The third kappa shape index (κ3) is 3.77. The largest absolute Gasteiger partial charge is 0.361 e. The van der Waals surface area contributed by atoms with Gasteiger partial charge in [0.2, 0.25) is 5.91 Å². The van der Waals surface area contributed by atoms with Gasteiger partial charge in [0.25, 0.3) is 0 Å². The molecular formula is C30H29N5O. The molecule has 6 heteroatoms. The number of aryl methyl sites for hydroxylation is 1. The number of likely N-dealkylation sites (tertiary alicyclic amines) is 1. The molecule has 0 spiro atoms. The van der Waals surface area contributed by atoms with Gasteiger partial charge in [0.1, 0.15) is 11.3 Å². The Hall–Kier alpha value is -3.93. The van der Waals surface area contributed by atoms with Crippen molar-refractivity contribution in [1.29, 1.82) is 0 Å². The Kier molecular flexibility index (Phi) is 4.94. The molecule has 0 radical (unpaired) electrons. The van der Waals surface area contributed by atoms with E-state index in [2.05, 4.69) is 76.0 Å². The summed E-state index contributed by atoms with van der Waals surface area (Å²) < 4.78 is 2.27. The standard InChI is InChI=1S/C30H29N5O/c1-19-14-27-29(32-16-19)35(18-20-11-13-34(17-20)30(36)24-7-8-24)28(33-27)23-5-2-21(3-6-23)25-9-4-22-10-12-31-26(22)15-25/h2-6,9-10,12,14-16,20,24,31H,7-8,11,13,17-18H2,1H3/t20-/m1/s1. The number of carbonyl (C=O) groups is 1. The number of aromatic amines is 1. The average molecular weight is 476 g/mol. The summed E-state index contributed by atoms with van der Waals surface area (Å²) in [5.74, 6) is 2.00. The molecular weight excluding hydrogens is 446 g/mol. The molecule has 1 aliphatic heterocycles. The SMILES string of the molecule is Cc1cnc2c(c1)nc(-c1ccc(-c3ccc4cc[nH]c4c3)cc1)n2C[C@@H]1CCN(C(=O)C2CC2)C1. The van der Waals surface area contributed by atoms with Crippen LogP contribution in [0.3, 0.4) is 0 Å². The van der Waals surface area contributed by atoms with Gasteiger partial charge in [-0.25, -0.2) is 9.97 Å². The predicted molar refractivity (Wildman–Crippen MR) is 142 cm³/mol. The fourth-order valence-corrected chi connectivity index (χ4v) is 5.57. The summed E-state index contributed by atoms with van der Waals surface area (Å²) in [6.45, 7) is 4.58. The third-order valence-corrected chi connectivity index (χ3v) is 7.72. The van der Waals surface area contributed by atoms with Crippen LogP contribution in [-0.2, 0) is 11.3 Å². The second-order valence-electron chi connectivity index (χ2n) is 10.5. The number of H-pyrrole nitrogens is 1. The van der Waals surface area contributed by atoms with E-state index in [0.717, 1.165) is 72.5 Å². The number of nitrogens with zero attached hydrogens (tertiary/aromatic N) is 4. The number of hydrogen-bond acceptors (Lipinski definition) is 3. The van der Waals surface area contributed by atoms with Crippen LogP contribution >= 0.6 is 0 Å². The van der Waals surface area contributed by atoms with E-state index in [1.165, 1.54) is 16.5 Å². The molecule has 0 bridgehead atoms. The van der Waals surface area contributed by atoms with Crippen molar-refractivity contribution >= 4 is 28.0 Å². The summed E-state index contributed by atoms with van der Waals surface area (Å²) in [5.41, 5.74) is 7.55. The second-order valence-corrected chi connectivity index (χ2v) is 10.5. The molecule has 1 N–H and O–H groups in total. The lowest BCUT2D eigenvalue weighted by atomic mass is 10.0. The molecule has 0 unspecified atom stereocenters. The molecule has 6 nitrogen and oxygen atoms in total. The fraction of sp³-hybridized carbons (Fsp3) is 0.300. The zero-order valence-electron chi connectivity index (χ0n) is 20.4. The summed E-state index contributed by atoms with van der Waals surface area (Å²) in [5, 5.41) is 1.22. The van der Waals surface area contributed by atoms with Crippen LogP contribution in [0.15, 0.2) is 67.0 Å². The highest BCUT2D eigenvalue weighted by Crippen LogP contribution is 2.34. The van der Waals surface area contributed by atoms with Gasteiger partial charge in [-0.1, -0.05) is 36.4 Å². The van der Waals surface area contributed by atoms with Gasteiger partial charge in [-0.2, -0.15) is 0 Å². The second kappa shape index (κ2) is 8.33. The highest BCUT2D eigenvalue weighted by Gasteiger charge is 2.36. The molecule has 7 rings (SSSR count). The first-order valence-electron chi connectivity index (χ1n) is 12.9. The Bertz CT molecular complexity index is 1590. The van der Waals surface area contributed by atoms with Gasteiger partial charge in [-0.15, -0.1) is 0 Å². The lowest BCUT2D eigenvalue weighted by Gasteiger charge is -2.17. The van der Waals surface area contributed by atoms with E-state index in [9.17, 15) is 4.79 Å². The molecule has 180 valence electrons. The maximum absolute atomic E-state index is 12.6. The van der Waals surface area contributed by atoms with Gasteiger partial charge in [-0.3, -0.25) is 4.79 Å². The first kappa shape index (κ1) is 21.4. The molecule has 1 saturated carbocycles. The molecule has 1 amide bonds. The van der Waals surface area contributed by atoms with E-state index in [1.54, 1.807) is 0 Å². The quantitative estimate of drug-likeness (QED) is 0.349. The van der Waals surface area contributed by atoms with Crippen LogP contribution in [0.1, 0.15) is 24.8 Å². The van der Waals surface area contributed by atoms with E-state index in [-0.39, 0.29) is 5.92 Å². The Morgan fingerprint density at radius 2 is 1.81 bits per heavy atom. The number of aromatic nitrogens is 4. The Morgan fingerprint density at radius 3 is 2.64 bits per heavy atom. The lowest BCUT2D eigenvalue weighted by molar-refractivity contribution is -0.131. The molecule has 2 aliphatic rings. The lowest BCUT2D eigenvalue weighted by Crippen LogP contribution is -2.30. The van der Waals surface area contributed by atoms with Crippen LogP contribution in [0.4, 0.5) is 0 Å². The normalized spacial score (nSPS) is 17.9. The molecule has 1 saturated heterocycles. The molecule has 4 heterocycles. The molecule has 36 heavy (non-hydrogen) atoms. The molecule has 2 aromatic carbocycles.